The van der Waals surface area contributed by atoms with Crippen LogP contribution in [0.2, 0.25) is 0 Å². The number of piperidine rings is 1. The maximum absolute atomic E-state index is 13.0. The first-order valence-electron chi connectivity index (χ1n) is 10.4. The van der Waals surface area contributed by atoms with Crippen molar-refractivity contribution in [3.63, 3.8) is 0 Å². The Balaban J connectivity index is 1.81. The van der Waals surface area contributed by atoms with E-state index in [4.69, 9.17) is 14.7 Å². The molecule has 0 bridgehead atoms. The van der Waals surface area contributed by atoms with Crippen molar-refractivity contribution in [1.29, 1.82) is 5.26 Å². The van der Waals surface area contributed by atoms with Gasteiger partial charge in [-0.2, -0.15) is 5.26 Å². The van der Waals surface area contributed by atoms with E-state index >= 15 is 0 Å². The minimum absolute atomic E-state index is 0.102. The summed E-state index contributed by atoms with van der Waals surface area (Å²) in [5, 5.41) is 14.2. The van der Waals surface area contributed by atoms with Crippen molar-refractivity contribution in [1.82, 2.24) is 4.90 Å². The van der Waals surface area contributed by atoms with Gasteiger partial charge < -0.3 is 19.7 Å². The Bertz CT molecular complexity index is 949. The van der Waals surface area contributed by atoms with Crippen LogP contribution in [0.15, 0.2) is 29.6 Å². The van der Waals surface area contributed by atoms with Gasteiger partial charge in [-0.15, -0.1) is 11.3 Å². The number of likely N-dealkylation sites (tertiary alicyclic amines) is 1. The zero-order valence-electron chi connectivity index (χ0n) is 17.8. The predicted octanol–water partition coefficient (Wildman–Crippen LogP) is 4.16. The maximum Gasteiger partial charge on any atom is 0.341 e. The van der Waals surface area contributed by atoms with Crippen molar-refractivity contribution in [2.75, 3.05) is 38.7 Å². The monoisotopic (exact) mass is 441 g/mol. The van der Waals surface area contributed by atoms with Crippen LogP contribution in [-0.4, -0.2) is 50.1 Å². The van der Waals surface area contributed by atoms with E-state index in [9.17, 15) is 9.59 Å². The van der Waals surface area contributed by atoms with E-state index in [0.29, 0.717) is 30.1 Å². The van der Waals surface area contributed by atoms with Crippen LogP contribution in [0.25, 0.3) is 11.1 Å². The summed E-state index contributed by atoms with van der Waals surface area (Å²) in [6.07, 6.45) is 2.16. The number of benzene rings is 1. The Morgan fingerprint density at radius 1 is 1.32 bits per heavy atom. The molecule has 1 aromatic carbocycles. The van der Waals surface area contributed by atoms with E-state index in [2.05, 4.69) is 16.3 Å². The first kappa shape index (κ1) is 22.8. The van der Waals surface area contributed by atoms with E-state index in [0.717, 1.165) is 36.3 Å². The Labute approximate surface area is 186 Å². The van der Waals surface area contributed by atoms with Gasteiger partial charge in [0.25, 0.3) is 0 Å². The molecule has 1 aromatic heterocycles. The van der Waals surface area contributed by atoms with Gasteiger partial charge in [-0.3, -0.25) is 4.79 Å². The van der Waals surface area contributed by atoms with Crippen molar-refractivity contribution >= 4 is 28.2 Å². The number of thiophene rings is 1. The molecule has 1 amide bonds. The van der Waals surface area contributed by atoms with Crippen LogP contribution < -0.4 is 10.1 Å². The number of ether oxygens (including phenoxy) is 2. The number of nitrogens with one attached hydrogen (secondary N) is 1. The first-order valence-corrected chi connectivity index (χ1v) is 11.3. The Morgan fingerprint density at radius 3 is 2.77 bits per heavy atom. The quantitative estimate of drug-likeness (QED) is 0.619. The lowest BCUT2D eigenvalue weighted by Crippen LogP contribution is -2.41. The van der Waals surface area contributed by atoms with Crippen LogP contribution in [0, 0.1) is 17.2 Å². The molecule has 2 aromatic rings. The number of nitrogens with zero attached hydrogens (tertiary/aromatic N) is 2. The summed E-state index contributed by atoms with van der Waals surface area (Å²) in [6.45, 7) is 4.21. The van der Waals surface area contributed by atoms with Gasteiger partial charge in [0.1, 0.15) is 16.3 Å². The standard InChI is InChI=1S/C23H27N3O4S/c1-3-30-23(28)20-19(16-7-9-18(29-2)10-8-16)15-31-22(20)25-21(27)17-6-4-12-26(14-17)13-5-11-24/h7-10,15,17H,3-6,12-14H2,1-2H3,(H,25,27). The summed E-state index contributed by atoms with van der Waals surface area (Å²) in [7, 11) is 1.60. The lowest BCUT2D eigenvalue weighted by Gasteiger charge is -2.31. The van der Waals surface area contributed by atoms with Crippen molar-refractivity contribution in [2.24, 2.45) is 5.92 Å². The lowest BCUT2D eigenvalue weighted by atomic mass is 9.97. The predicted molar refractivity (Wildman–Crippen MR) is 120 cm³/mol. The highest BCUT2D eigenvalue weighted by atomic mass is 32.1. The summed E-state index contributed by atoms with van der Waals surface area (Å²) in [4.78, 5) is 27.9. The zero-order chi connectivity index (χ0) is 22.2. The van der Waals surface area contributed by atoms with Crippen molar-refractivity contribution < 1.29 is 19.1 Å². The highest BCUT2D eigenvalue weighted by molar-refractivity contribution is 7.15. The van der Waals surface area contributed by atoms with Gasteiger partial charge in [0.05, 0.1) is 25.7 Å². The number of carbonyl (C=O) groups excluding carboxylic acids is 2. The van der Waals surface area contributed by atoms with Gasteiger partial charge in [-0.05, 0) is 44.0 Å². The third-order valence-corrected chi connectivity index (χ3v) is 6.22. The topological polar surface area (TPSA) is 91.7 Å². The fourth-order valence-corrected chi connectivity index (χ4v) is 4.69. The zero-order valence-corrected chi connectivity index (χ0v) is 18.7. The minimum atomic E-state index is -0.454. The number of carbonyl (C=O) groups is 2. The number of anilines is 1. The smallest absolute Gasteiger partial charge is 0.341 e. The second-order valence-electron chi connectivity index (χ2n) is 7.34. The van der Waals surface area contributed by atoms with Crippen LogP contribution in [0.4, 0.5) is 5.00 Å². The first-order chi connectivity index (χ1) is 15.1. The van der Waals surface area contributed by atoms with E-state index in [-0.39, 0.29) is 18.4 Å². The number of amides is 1. The molecule has 0 saturated carbocycles. The normalized spacial score (nSPS) is 16.4. The number of esters is 1. The number of hydrogen-bond acceptors (Lipinski definition) is 7. The molecule has 1 fully saturated rings. The van der Waals surface area contributed by atoms with Gasteiger partial charge in [-0.25, -0.2) is 4.79 Å². The average Bonchev–Trinajstić information content (AvgIpc) is 3.21. The van der Waals surface area contributed by atoms with Gasteiger partial charge in [-0.1, -0.05) is 12.1 Å². The number of hydrogen-bond donors (Lipinski definition) is 1. The number of nitriles is 1. The molecule has 0 radical (unpaired) electrons. The average molecular weight is 442 g/mol. The SMILES string of the molecule is CCOC(=O)c1c(-c2ccc(OC)cc2)csc1NC(=O)C1CCCN(CCC#N)C1. The molecule has 164 valence electrons. The molecule has 31 heavy (non-hydrogen) atoms. The molecule has 1 saturated heterocycles. The Kier molecular flexibility index (Phi) is 8.04. The van der Waals surface area contributed by atoms with Crippen molar-refractivity contribution in [3.05, 3.63) is 35.2 Å². The summed E-state index contributed by atoms with van der Waals surface area (Å²) >= 11 is 1.32. The van der Waals surface area contributed by atoms with Gasteiger partial charge in [0.15, 0.2) is 0 Å². The summed E-state index contributed by atoms with van der Waals surface area (Å²) in [5.74, 6) is -0.00281. The third-order valence-electron chi connectivity index (χ3n) is 5.32. The molecule has 1 unspecified atom stereocenters. The molecule has 1 aliphatic rings. The minimum Gasteiger partial charge on any atom is -0.497 e. The largest absolute Gasteiger partial charge is 0.497 e. The molecular weight excluding hydrogens is 414 g/mol. The second-order valence-corrected chi connectivity index (χ2v) is 8.22. The van der Waals surface area contributed by atoms with E-state index in [1.165, 1.54) is 11.3 Å². The van der Waals surface area contributed by atoms with Gasteiger partial charge >= 0.3 is 5.97 Å². The number of rotatable bonds is 8. The van der Waals surface area contributed by atoms with E-state index in [1.807, 2.05) is 29.6 Å². The van der Waals surface area contributed by atoms with Crippen LogP contribution >= 0.6 is 11.3 Å². The second kappa shape index (κ2) is 10.9. The molecule has 1 N–H and O–H groups in total. The highest BCUT2D eigenvalue weighted by Gasteiger charge is 2.28. The maximum atomic E-state index is 13.0. The Morgan fingerprint density at radius 2 is 2.10 bits per heavy atom. The lowest BCUT2D eigenvalue weighted by molar-refractivity contribution is -0.121. The molecule has 8 heteroatoms. The molecule has 1 atom stereocenters. The van der Waals surface area contributed by atoms with E-state index < -0.39 is 5.97 Å². The van der Waals surface area contributed by atoms with Gasteiger partial charge in [0, 0.05) is 30.5 Å². The molecule has 2 heterocycles. The molecule has 1 aliphatic heterocycles. The van der Waals surface area contributed by atoms with E-state index in [1.54, 1.807) is 14.0 Å². The fraction of sp³-hybridized carbons (Fsp3) is 0.435. The molecule has 0 aliphatic carbocycles. The molecule has 7 nitrogen and oxygen atoms in total. The van der Waals surface area contributed by atoms with Crippen LogP contribution in [0.3, 0.4) is 0 Å². The highest BCUT2D eigenvalue weighted by Crippen LogP contribution is 2.37. The molecule has 0 spiro atoms. The Hall–Kier alpha value is -2.89. The van der Waals surface area contributed by atoms with Crippen LogP contribution in [0.5, 0.6) is 5.75 Å². The summed E-state index contributed by atoms with van der Waals surface area (Å²) < 4.78 is 10.5. The van der Waals surface area contributed by atoms with Crippen LogP contribution in [0.1, 0.15) is 36.5 Å². The van der Waals surface area contributed by atoms with Crippen molar-refractivity contribution in [2.45, 2.75) is 26.2 Å². The van der Waals surface area contributed by atoms with Crippen molar-refractivity contribution in [3.8, 4) is 22.9 Å². The third kappa shape index (κ3) is 5.63. The molecular formula is C23H27N3O4S. The fourth-order valence-electron chi connectivity index (χ4n) is 3.73. The van der Waals surface area contributed by atoms with Gasteiger partial charge in [0.2, 0.25) is 5.91 Å². The summed E-state index contributed by atoms with van der Waals surface area (Å²) in [5.41, 5.74) is 1.95. The summed E-state index contributed by atoms with van der Waals surface area (Å²) in [6, 6.07) is 9.58. The number of methoxy groups -OCH3 is 1. The molecule has 3 rings (SSSR count). The van der Waals surface area contributed by atoms with Crippen LogP contribution in [-0.2, 0) is 9.53 Å².